The monoisotopic (exact) mass is 381 g/mol. The lowest BCUT2D eigenvalue weighted by atomic mass is 10.1. The number of carbonyl (C=O) groups excluding carboxylic acids is 2. The second-order valence-electron chi connectivity index (χ2n) is 6.76. The lowest BCUT2D eigenvalue weighted by molar-refractivity contribution is -0.123. The first-order valence-corrected chi connectivity index (χ1v) is 9.42. The third kappa shape index (κ3) is 3.69. The van der Waals surface area contributed by atoms with Crippen LogP contribution in [0.15, 0.2) is 54.2 Å². The number of urea groups is 1. The third-order valence-electron chi connectivity index (χ3n) is 4.92. The summed E-state index contributed by atoms with van der Waals surface area (Å²) in [5.41, 5.74) is 3.08. The van der Waals surface area contributed by atoms with Crippen LogP contribution in [0.2, 0.25) is 5.02 Å². The highest BCUT2D eigenvalue weighted by Gasteiger charge is 2.33. The minimum atomic E-state index is -0.431. The van der Waals surface area contributed by atoms with E-state index in [1.807, 2.05) is 30.3 Å². The van der Waals surface area contributed by atoms with Crippen LogP contribution in [0.25, 0.3) is 6.08 Å². The van der Waals surface area contributed by atoms with E-state index in [1.165, 1.54) is 23.4 Å². The Morgan fingerprint density at radius 3 is 2.41 bits per heavy atom. The summed E-state index contributed by atoms with van der Waals surface area (Å²) in [5.74, 6) is -0.344. The number of anilines is 1. The summed E-state index contributed by atoms with van der Waals surface area (Å²) in [5, 5.41) is 3.19. The van der Waals surface area contributed by atoms with Crippen molar-refractivity contribution in [2.75, 3.05) is 18.0 Å². The van der Waals surface area contributed by atoms with Gasteiger partial charge in [-0.3, -0.25) is 9.69 Å². The van der Waals surface area contributed by atoms with Gasteiger partial charge in [0.15, 0.2) is 0 Å². The maximum absolute atomic E-state index is 12.6. The molecule has 5 nitrogen and oxygen atoms in total. The number of nitrogens with zero attached hydrogens (tertiary/aromatic N) is 2. The van der Waals surface area contributed by atoms with Crippen LogP contribution in [0, 0.1) is 0 Å². The number of imide groups is 1. The van der Waals surface area contributed by atoms with E-state index in [2.05, 4.69) is 22.3 Å². The molecule has 2 heterocycles. The molecule has 2 aliphatic rings. The molecule has 0 saturated carbocycles. The lowest BCUT2D eigenvalue weighted by Crippen LogP contribution is -2.30. The molecule has 27 heavy (non-hydrogen) atoms. The van der Waals surface area contributed by atoms with Crippen molar-refractivity contribution in [2.24, 2.45) is 0 Å². The number of rotatable bonds is 4. The summed E-state index contributed by atoms with van der Waals surface area (Å²) < 4.78 is 0. The molecule has 2 saturated heterocycles. The smallest absolute Gasteiger partial charge is 0.329 e. The van der Waals surface area contributed by atoms with Crippen molar-refractivity contribution < 1.29 is 9.59 Å². The lowest BCUT2D eigenvalue weighted by Gasteiger charge is -2.17. The molecule has 0 bridgehead atoms. The van der Waals surface area contributed by atoms with E-state index in [0.717, 1.165) is 24.2 Å². The van der Waals surface area contributed by atoms with E-state index in [-0.39, 0.29) is 18.1 Å². The molecule has 0 spiro atoms. The summed E-state index contributed by atoms with van der Waals surface area (Å²) in [4.78, 5) is 28.4. The maximum atomic E-state index is 12.6. The van der Waals surface area contributed by atoms with Gasteiger partial charge in [0.2, 0.25) is 0 Å². The van der Waals surface area contributed by atoms with Gasteiger partial charge in [-0.1, -0.05) is 41.9 Å². The highest BCUT2D eigenvalue weighted by atomic mass is 35.5. The van der Waals surface area contributed by atoms with Gasteiger partial charge in [0, 0.05) is 23.8 Å². The zero-order chi connectivity index (χ0) is 18.8. The van der Waals surface area contributed by atoms with Gasteiger partial charge in [-0.2, -0.15) is 0 Å². The molecule has 6 heteroatoms. The van der Waals surface area contributed by atoms with Crippen molar-refractivity contribution >= 4 is 35.3 Å². The van der Waals surface area contributed by atoms with Gasteiger partial charge in [-0.25, -0.2) is 4.79 Å². The first-order valence-electron chi connectivity index (χ1n) is 9.05. The van der Waals surface area contributed by atoms with Crippen molar-refractivity contribution in [1.29, 1.82) is 0 Å². The van der Waals surface area contributed by atoms with Crippen LogP contribution in [0.3, 0.4) is 0 Å². The fraction of sp³-hybridized carbons (Fsp3) is 0.238. The molecule has 3 amide bonds. The van der Waals surface area contributed by atoms with Gasteiger partial charge >= 0.3 is 6.03 Å². The fourth-order valence-corrected chi connectivity index (χ4v) is 3.63. The highest BCUT2D eigenvalue weighted by molar-refractivity contribution is 6.31. The van der Waals surface area contributed by atoms with E-state index < -0.39 is 6.03 Å². The Hall–Kier alpha value is -2.79. The number of hydrogen-bond acceptors (Lipinski definition) is 3. The third-order valence-corrected chi connectivity index (χ3v) is 5.29. The van der Waals surface area contributed by atoms with Crippen LogP contribution in [-0.2, 0) is 11.3 Å². The van der Waals surface area contributed by atoms with Crippen molar-refractivity contribution in [3.63, 3.8) is 0 Å². The van der Waals surface area contributed by atoms with Crippen LogP contribution in [0.4, 0.5) is 10.5 Å². The van der Waals surface area contributed by atoms with Gasteiger partial charge in [0.25, 0.3) is 5.91 Å². The Morgan fingerprint density at radius 1 is 1.00 bits per heavy atom. The number of carbonyl (C=O) groups is 2. The Balaban J connectivity index is 1.50. The zero-order valence-electron chi connectivity index (χ0n) is 14.8. The van der Waals surface area contributed by atoms with Gasteiger partial charge in [-0.15, -0.1) is 0 Å². The number of amides is 3. The Kier molecular flexibility index (Phi) is 4.86. The number of halogens is 1. The van der Waals surface area contributed by atoms with Crippen LogP contribution < -0.4 is 10.2 Å². The van der Waals surface area contributed by atoms with Gasteiger partial charge in [-0.05, 0) is 48.2 Å². The van der Waals surface area contributed by atoms with Crippen LogP contribution in [-0.4, -0.2) is 29.9 Å². The number of nitrogens with one attached hydrogen (secondary N) is 1. The molecule has 2 fully saturated rings. The topological polar surface area (TPSA) is 52.7 Å². The molecule has 0 radical (unpaired) electrons. The molecule has 2 aromatic carbocycles. The van der Waals surface area contributed by atoms with E-state index in [9.17, 15) is 9.59 Å². The molecular weight excluding hydrogens is 362 g/mol. The minimum Gasteiger partial charge on any atom is -0.372 e. The fourth-order valence-electron chi connectivity index (χ4n) is 3.44. The predicted octanol–water partition coefficient (Wildman–Crippen LogP) is 4.03. The zero-order valence-corrected chi connectivity index (χ0v) is 15.6. The van der Waals surface area contributed by atoms with E-state index >= 15 is 0 Å². The Morgan fingerprint density at radius 2 is 1.70 bits per heavy atom. The second kappa shape index (κ2) is 7.45. The SMILES string of the molecule is O=C1NC(=Cc2ccc(N3CCCC3)cc2)C(=O)N1Cc1ccccc1Cl. The Bertz CT molecular complexity index is 902. The first kappa shape index (κ1) is 17.6. The molecule has 0 atom stereocenters. The summed E-state index contributed by atoms with van der Waals surface area (Å²) in [6, 6.07) is 14.8. The summed E-state index contributed by atoms with van der Waals surface area (Å²) in [6.07, 6.45) is 4.17. The van der Waals surface area contributed by atoms with E-state index in [4.69, 9.17) is 11.6 Å². The largest absolute Gasteiger partial charge is 0.372 e. The molecule has 138 valence electrons. The predicted molar refractivity (Wildman–Crippen MR) is 106 cm³/mol. The molecular formula is C21H20ClN3O2. The van der Waals surface area contributed by atoms with Crippen LogP contribution in [0.1, 0.15) is 24.0 Å². The number of benzene rings is 2. The first-order chi connectivity index (χ1) is 13.1. The number of hydrogen-bond donors (Lipinski definition) is 1. The summed E-state index contributed by atoms with van der Waals surface area (Å²) in [6.45, 7) is 2.33. The van der Waals surface area contributed by atoms with Gasteiger partial charge < -0.3 is 10.2 Å². The molecule has 0 aliphatic carbocycles. The van der Waals surface area contributed by atoms with Crippen molar-refractivity contribution in [3.05, 3.63) is 70.4 Å². The summed E-state index contributed by atoms with van der Waals surface area (Å²) in [7, 11) is 0. The molecule has 0 unspecified atom stereocenters. The quantitative estimate of drug-likeness (QED) is 0.642. The normalized spacial score (nSPS) is 18.5. The Labute approximate surface area is 163 Å². The average molecular weight is 382 g/mol. The molecule has 2 aliphatic heterocycles. The second-order valence-corrected chi connectivity index (χ2v) is 7.16. The van der Waals surface area contributed by atoms with Gasteiger partial charge in [0.1, 0.15) is 5.70 Å². The highest BCUT2D eigenvalue weighted by Crippen LogP contribution is 2.23. The van der Waals surface area contributed by atoms with Crippen LogP contribution in [0.5, 0.6) is 0 Å². The maximum Gasteiger partial charge on any atom is 0.329 e. The van der Waals surface area contributed by atoms with E-state index in [0.29, 0.717) is 5.02 Å². The molecule has 2 aromatic rings. The molecule has 0 aromatic heterocycles. The van der Waals surface area contributed by atoms with Crippen molar-refractivity contribution in [3.8, 4) is 0 Å². The molecule has 1 N–H and O–H groups in total. The van der Waals surface area contributed by atoms with Crippen LogP contribution >= 0.6 is 11.6 Å². The minimum absolute atomic E-state index is 0.148. The summed E-state index contributed by atoms with van der Waals surface area (Å²) >= 11 is 6.14. The van der Waals surface area contributed by atoms with Gasteiger partial charge in [0.05, 0.1) is 6.54 Å². The molecule has 4 rings (SSSR count). The van der Waals surface area contributed by atoms with Crippen molar-refractivity contribution in [1.82, 2.24) is 10.2 Å². The average Bonchev–Trinajstić information content (AvgIpc) is 3.29. The van der Waals surface area contributed by atoms with E-state index in [1.54, 1.807) is 12.1 Å². The van der Waals surface area contributed by atoms with Crippen molar-refractivity contribution in [2.45, 2.75) is 19.4 Å². The standard InChI is InChI=1S/C21H20ClN3O2/c22-18-6-2-1-5-16(18)14-25-20(26)19(23-21(25)27)13-15-7-9-17(10-8-15)24-11-3-4-12-24/h1-2,5-10,13H,3-4,11-12,14H2,(H,23,27).